The molecule has 1 unspecified atom stereocenters. The first kappa shape index (κ1) is 22.4. The van der Waals surface area contributed by atoms with Gasteiger partial charge in [-0.25, -0.2) is 4.98 Å². The van der Waals surface area contributed by atoms with Crippen molar-refractivity contribution in [3.63, 3.8) is 0 Å². The Morgan fingerprint density at radius 3 is 2.50 bits per heavy atom. The summed E-state index contributed by atoms with van der Waals surface area (Å²) < 4.78 is 7.91. The molecule has 5 nitrogen and oxygen atoms in total. The number of para-hydroxylation sites is 2. The summed E-state index contributed by atoms with van der Waals surface area (Å²) in [5.41, 5.74) is 3.14. The van der Waals surface area contributed by atoms with E-state index < -0.39 is 0 Å². The van der Waals surface area contributed by atoms with Crippen molar-refractivity contribution in [2.45, 2.75) is 71.3 Å². The van der Waals surface area contributed by atoms with Gasteiger partial charge in [-0.3, -0.25) is 4.79 Å². The Labute approximate surface area is 191 Å². The highest BCUT2D eigenvalue weighted by Crippen LogP contribution is 2.34. The molecule has 3 aromatic rings. The van der Waals surface area contributed by atoms with Crippen LogP contribution in [0.1, 0.15) is 70.5 Å². The molecule has 0 N–H and O–H groups in total. The standard InChI is InChI=1S/C27H35N3O2/c1-3-5-6-7-8-11-18-29-25-13-10-9-12-24(25)28-27(29)21-19-26(31)30(20-21)22-14-16-23(17-15-22)32-4-2/h9-10,12-17,21H,3-8,11,18-20H2,1-2H3. The molecule has 1 fully saturated rings. The number of hydrogen-bond donors (Lipinski definition) is 0. The van der Waals surface area contributed by atoms with Crippen molar-refractivity contribution in [1.82, 2.24) is 9.55 Å². The average Bonchev–Trinajstić information content (AvgIpc) is 3.37. The number of imidazole rings is 1. The highest BCUT2D eigenvalue weighted by atomic mass is 16.5. The lowest BCUT2D eigenvalue weighted by Crippen LogP contribution is -2.24. The number of hydrogen-bond acceptors (Lipinski definition) is 3. The zero-order valence-electron chi connectivity index (χ0n) is 19.4. The minimum absolute atomic E-state index is 0.113. The fourth-order valence-electron chi connectivity index (χ4n) is 4.71. The number of aryl methyl sites for hydroxylation is 1. The van der Waals surface area contributed by atoms with E-state index >= 15 is 0 Å². The third kappa shape index (κ3) is 4.98. The maximum Gasteiger partial charge on any atom is 0.227 e. The van der Waals surface area contributed by atoms with E-state index in [4.69, 9.17) is 9.72 Å². The first-order chi connectivity index (χ1) is 15.7. The van der Waals surface area contributed by atoms with E-state index in [0.717, 1.165) is 35.7 Å². The third-order valence-corrected chi connectivity index (χ3v) is 6.37. The fraction of sp³-hybridized carbons (Fsp3) is 0.481. The second-order valence-corrected chi connectivity index (χ2v) is 8.71. The number of unbranched alkanes of at least 4 members (excludes halogenated alkanes) is 5. The van der Waals surface area contributed by atoms with E-state index in [9.17, 15) is 4.79 Å². The molecule has 1 saturated heterocycles. The first-order valence-electron chi connectivity index (χ1n) is 12.2. The molecule has 0 spiro atoms. The smallest absolute Gasteiger partial charge is 0.227 e. The molecule has 1 atom stereocenters. The van der Waals surface area contributed by atoms with Crippen LogP contribution in [-0.2, 0) is 11.3 Å². The van der Waals surface area contributed by atoms with E-state index in [1.54, 1.807) is 0 Å². The number of anilines is 1. The van der Waals surface area contributed by atoms with Gasteiger partial charge < -0.3 is 14.2 Å². The van der Waals surface area contributed by atoms with Crippen molar-refractivity contribution in [3.8, 4) is 5.75 Å². The topological polar surface area (TPSA) is 47.4 Å². The lowest BCUT2D eigenvalue weighted by Gasteiger charge is -2.18. The van der Waals surface area contributed by atoms with Crippen molar-refractivity contribution >= 4 is 22.6 Å². The van der Waals surface area contributed by atoms with Crippen molar-refractivity contribution in [2.75, 3.05) is 18.1 Å². The molecule has 32 heavy (non-hydrogen) atoms. The maximum atomic E-state index is 12.9. The van der Waals surface area contributed by atoms with Crippen LogP contribution in [0.3, 0.4) is 0 Å². The van der Waals surface area contributed by atoms with Crippen LogP contribution in [0.15, 0.2) is 48.5 Å². The van der Waals surface area contributed by atoms with Gasteiger partial charge in [-0.15, -0.1) is 0 Å². The van der Waals surface area contributed by atoms with Gasteiger partial charge in [-0.1, -0.05) is 51.2 Å². The molecule has 2 aromatic carbocycles. The Balaban J connectivity index is 1.50. The minimum Gasteiger partial charge on any atom is -0.494 e. The number of fused-ring (bicyclic) bond motifs is 1. The lowest BCUT2D eigenvalue weighted by molar-refractivity contribution is -0.117. The molecule has 1 amide bonds. The Kier molecular flexibility index (Phi) is 7.46. The first-order valence-corrected chi connectivity index (χ1v) is 12.2. The second-order valence-electron chi connectivity index (χ2n) is 8.71. The van der Waals surface area contributed by atoms with Gasteiger partial charge in [0, 0.05) is 31.1 Å². The summed E-state index contributed by atoms with van der Waals surface area (Å²) in [6.07, 6.45) is 8.12. The molecular formula is C27H35N3O2. The highest BCUT2D eigenvalue weighted by molar-refractivity contribution is 5.96. The summed E-state index contributed by atoms with van der Waals surface area (Å²) in [5, 5.41) is 0. The molecule has 2 heterocycles. The fourth-order valence-corrected chi connectivity index (χ4v) is 4.71. The van der Waals surface area contributed by atoms with Gasteiger partial charge in [0.25, 0.3) is 0 Å². The molecule has 1 aromatic heterocycles. The zero-order valence-corrected chi connectivity index (χ0v) is 19.4. The Morgan fingerprint density at radius 2 is 1.72 bits per heavy atom. The van der Waals surface area contributed by atoms with Crippen LogP contribution in [-0.4, -0.2) is 28.6 Å². The van der Waals surface area contributed by atoms with E-state index in [-0.39, 0.29) is 11.8 Å². The van der Waals surface area contributed by atoms with Gasteiger partial charge in [-0.05, 0) is 49.7 Å². The van der Waals surface area contributed by atoms with Gasteiger partial charge >= 0.3 is 0 Å². The summed E-state index contributed by atoms with van der Waals surface area (Å²) in [6.45, 7) is 6.50. The quantitative estimate of drug-likeness (QED) is 0.333. The van der Waals surface area contributed by atoms with Crippen LogP contribution in [0.5, 0.6) is 5.75 Å². The van der Waals surface area contributed by atoms with Crippen LogP contribution in [0.2, 0.25) is 0 Å². The normalized spacial score (nSPS) is 16.2. The SMILES string of the molecule is CCCCCCCCn1c(C2CC(=O)N(c3ccc(OCC)cc3)C2)nc2ccccc21. The number of carbonyl (C=O) groups is 1. The van der Waals surface area contributed by atoms with E-state index in [1.807, 2.05) is 42.2 Å². The predicted octanol–water partition coefficient (Wildman–Crippen LogP) is 6.32. The summed E-state index contributed by atoms with van der Waals surface area (Å²) in [5.74, 6) is 2.17. The largest absolute Gasteiger partial charge is 0.494 e. The number of benzene rings is 2. The number of amides is 1. The van der Waals surface area contributed by atoms with Gasteiger partial charge in [0.2, 0.25) is 5.91 Å². The molecule has 0 radical (unpaired) electrons. The van der Waals surface area contributed by atoms with Crippen LogP contribution in [0.25, 0.3) is 11.0 Å². The van der Waals surface area contributed by atoms with Crippen molar-refractivity contribution < 1.29 is 9.53 Å². The molecule has 4 rings (SSSR count). The molecule has 0 bridgehead atoms. The van der Waals surface area contributed by atoms with Gasteiger partial charge in [0.05, 0.1) is 17.6 Å². The molecule has 0 aliphatic carbocycles. The van der Waals surface area contributed by atoms with Crippen molar-refractivity contribution in [2.24, 2.45) is 0 Å². The van der Waals surface area contributed by atoms with Gasteiger partial charge in [-0.2, -0.15) is 0 Å². The maximum absolute atomic E-state index is 12.9. The number of ether oxygens (including phenoxy) is 1. The monoisotopic (exact) mass is 433 g/mol. The molecule has 1 aliphatic heterocycles. The zero-order chi connectivity index (χ0) is 22.3. The number of carbonyl (C=O) groups excluding carboxylic acids is 1. The highest BCUT2D eigenvalue weighted by Gasteiger charge is 2.34. The Bertz CT molecular complexity index is 1030. The van der Waals surface area contributed by atoms with Crippen molar-refractivity contribution in [3.05, 3.63) is 54.4 Å². The summed E-state index contributed by atoms with van der Waals surface area (Å²) in [7, 11) is 0. The number of nitrogens with zero attached hydrogens (tertiary/aromatic N) is 3. The summed E-state index contributed by atoms with van der Waals surface area (Å²) >= 11 is 0. The molecule has 170 valence electrons. The summed E-state index contributed by atoms with van der Waals surface area (Å²) in [4.78, 5) is 19.8. The third-order valence-electron chi connectivity index (χ3n) is 6.37. The number of rotatable bonds is 11. The van der Waals surface area contributed by atoms with Gasteiger partial charge in [0.15, 0.2) is 0 Å². The van der Waals surface area contributed by atoms with Gasteiger partial charge in [0.1, 0.15) is 11.6 Å². The molecule has 5 heteroatoms. The van der Waals surface area contributed by atoms with Crippen LogP contribution >= 0.6 is 0 Å². The van der Waals surface area contributed by atoms with E-state index in [1.165, 1.54) is 37.6 Å². The van der Waals surface area contributed by atoms with Crippen LogP contribution < -0.4 is 9.64 Å². The lowest BCUT2D eigenvalue weighted by atomic mass is 10.1. The Morgan fingerprint density at radius 1 is 0.969 bits per heavy atom. The minimum atomic E-state index is 0.113. The molecular weight excluding hydrogens is 398 g/mol. The molecule has 1 aliphatic rings. The van der Waals surface area contributed by atoms with E-state index in [2.05, 4.69) is 29.7 Å². The van der Waals surface area contributed by atoms with Crippen LogP contribution in [0.4, 0.5) is 5.69 Å². The summed E-state index contributed by atoms with van der Waals surface area (Å²) in [6, 6.07) is 16.2. The average molecular weight is 434 g/mol. The van der Waals surface area contributed by atoms with Crippen molar-refractivity contribution in [1.29, 1.82) is 0 Å². The van der Waals surface area contributed by atoms with Crippen LogP contribution in [0, 0.1) is 0 Å². The molecule has 0 saturated carbocycles. The number of aromatic nitrogens is 2. The van der Waals surface area contributed by atoms with E-state index in [0.29, 0.717) is 19.6 Å². The second kappa shape index (κ2) is 10.7. The Hall–Kier alpha value is -2.82. The predicted molar refractivity (Wildman–Crippen MR) is 130 cm³/mol.